The van der Waals surface area contributed by atoms with Crippen LogP contribution in [-0.4, -0.2) is 46.9 Å². The van der Waals surface area contributed by atoms with E-state index in [-0.39, 0.29) is 5.91 Å². The number of hydrogen-bond acceptors (Lipinski definition) is 4. The van der Waals surface area contributed by atoms with Gasteiger partial charge in [0, 0.05) is 39.1 Å². The molecule has 0 saturated carbocycles. The highest BCUT2D eigenvalue weighted by atomic mass is 16.4. The van der Waals surface area contributed by atoms with Gasteiger partial charge >= 0.3 is 5.91 Å². The molecule has 1 saturated heterocycles. The average molecular weight is 305 g/mol. The van der Waals surface area contributed by atoms with Crippen molar-refractivity contribution >= 4 is 5.91 Å². The van der Waals surface area contributed by atoms with Crippen molar-refractivity contribution in [1.29, 1.82) is 0 Å². The molecule has 0 bridgehead atoms. The van der Waals surface area contributed by atoms with Gasteiger partial charge in [-0.2, -0.15) is 0 Å². The third kappa shape index (κ3) is 3.35. The summed E-state index contributed by atoms with van der Waals surface area (Å²) < 4.78 is 5.78. The Morgan fingerprint density at radius 1 is 1.41 bits per heavy atom. The molecule has 0 unspecified atom stereocenters. The van der Waals surface area contributed by atoms with Crippen LogP contribution in [0.2, 0.25) is 0 Å². The van der Waals surface area contributed by atoms with Gasteiger partial charge in [0.15, 0.2) is 0 Å². The summed E-state index contributed by atoms with van der Waals surface area (Å²) in [7, 11) is 0. The predicted octanol–water partition coefficient (Wildman–Crippen LogP) is 2.56. The minimum Gasteiger partial charge on any atom is -0.437 e. The molecular weight excluding hydrogens is 278 g/mol. The fourth-order valence-electron chi connectivity index (χ4n) is 3.53. The normalized spacial score (nSPS) is 22.9. The zero-order valence-corrected chi connectivity index (χ0v) is 14.0. The Labute approximate surface area is 132 Å². The molecule has 22 heavy (non-hydrogen) atoms. The minimum atomic E-state index is -0.0311. The Kier molecular flexibility index (Phi) is 4.52. The van der Waals surface area contributed by atoms with Gasteiger partial charge in [-0.25, -0.2) is 4.98 Å². The van der Waals surface area contributed by atoms with E-state index in [1.54, 1.807) is 0 Å². The number of nitrogens with zero attached hydrogens (tertiary/aromatic N) is 3. The molecule has 1 atom stereocenters. The SMILES string of the molecule is CC(C)CN1CCc2oc(C(=O)N3CCC[C@@H](C)C3)nc2C1. The molecule has 1 aromatic rings. The molecule has 0 N–H and O–H groups in total. The number of aromatic nitrogens is 1. The second kappa shape index (κ2) is 6.41. The molecule has 0 aromatic carbocycles. The molecule has 0 radical (unpaired) electrons. The van der Waals surface area contributed by atoms with E-state index in [2.05, 4.69) is 30.7 Å². The van der Waals surface area contributed by atoms with Crippen molar-refractivity contribution in [2.75, 3.05) is 26.2 Å². The largest absolute Gasteiger partial charge is 0.437 e. The summed E-state index contributed by atoms with van der Waals surface area (Å²) in [6, 6.07) is 0. The van der Waals surface area contributed by atoms with Crippen molar-refractivity contribution in [1.82, 2.24) is 14.8 Å². The van der Waals surface area contributed by atoms with Crippen LogP contribution in [0.4, 0.5) is 0 Å². The number of carbonyl (C=O) groups excluding carboxylic acids is 1. The van der Waals surface area contributed by atoms with Gasteiger partial charge in [0.2, 0.25) is 0 Å². The van der Waals surface area contributed by atoms with E-state index in [1.807, 2.05) is 4.90 Å². The number of amides is 1. The van der Waals surface area contributed by atoms with Gasteiger partial charge in [-0.3, -0.25) is 9.69 Å². The molecule has 1 aromatic heterocycles. The number of piperidine rings is 1. The van der Waals surface area contributed by atoms with E-state index in [9.17, 15) is 4.79 Å². The van der Waals surface area contributed by atoms with Crippen LogP contribution in [0.3, 0.4) is 0 Å². The fraction of sp³-hybridized carbons (Fsp3) is 0.765. The maximum absolute atomic E-state index is 12.6. The monoisotopic (exact) mass is 305 g/mol. The van der Waals surface area contributed by atoms with E-state index < -0.39 is 0 Å². The lowest BCUT2D eigenvalue weighted by molar-refractivity contribution is 0.0640. The molecular formula is C17H27N3O2. The Hall–Kier alpha value is -1.36. The Bertz CT molecular complexity index is 538. The van der Waals surface area contributed by atoms with Crippen molar-refractivity contribution in [3.05, 3.63) is 17.3 Å². The van der Waals surface area contributed by atoms with Crippen LogP contribution < -0.4 is 0 Å². The fourth-order valence-corrected chi connectivity index (χ4v) is 3.53. The summed E-state index contributed by atoms with van der Waals surface area (Å²) in [4.78, 5) is 21.4. The molecule has 1 amide bonds. The molecule has 2 aliphatic rings. The molecule has 0 spiro atoms. The third-order valence-corrected chi connectivity index (χ3v) is 4.56. The number of carbonyl (C=O) groups is 1. The highest BCUT2D eigenvalue weighted by Gasteiger charge is 2.29. The maximum atomic E-state index is 12.6. The molecule has 5 heteroatoms. The van der Waals surface area contributed by atoms with Crippen molar-refractivity contribution < 1.29 is 9.21 Å². The summed E-state index contributed by atoms with van der Waals surface area (Å²) in [6.07, 6.45) is 3.14. The van der Waals surface area contributed by atoms with Crippen LogP contribution in [0.15, 0.2) is 4.42 Å². The molecule has 3 rings (SSSR count). The van der Waals surface area contributed by atoms with Crippen molar-refractivity contribution in [3.8, 4) is 0 Å². The first kappa shape index (κ1) is 15.5. The molecule has 2 aliphatic heterocycles. The molecule has 122 valence electrons. The lowest BCUT2D eigenvalue weighted by atomic mass is 10.0. The molecule has 5 nitrogen and oxygen atoms in total. The van der Waals surface area contributed by atoms with Gasteiger partial charge in [-0.15, -0.1) is 0 Å². The first-order chi connectivity index (χ1) is 10.5. The van der Waals surface area contributed by atoms with Gasteiger partial charge < -0.3 is 9.32 Å². The summed E-state index contributed by atoms with van der Waals surface area (Å²) in [5, 5.41) is 0. The highest BCUT2D eigenvalue weighted by Crippen LogP contribution is 2.23. The van der Waals surface area contributed by atoms with Gasteiger partial charge in [0.1, 0.15) is 5.76 Å². The van der Waals surface area contributed by atoms with Crippen LogP contribution in [-0.2, 0) is 13.0 Å². The molecule has 3 heterocycles. The van der Waals surface area contributed by atoms with Crippen LogP contribution in [0, 0.1) is 11.8 Å². The third-order valence-electron chi connectivity index (χ3n) is 4.56. The van der Waals surface area contributed by atoms with Crippen LogP contribution >= 0.6 is 0 Å². The number of hydrogen-bond donors (Lipinski definition) is 0. The van der Waals surface area contributed by atoms with Gasteiger partial charge in [0.25, 0.3) is 5.89 Å². The summed E-state index contributed by atoms with van der Waals surface area (Å²) in [5.41, 5.74) is 0.959. The lowest BCUT2D eigenvalue weighted by Crippen LogP contribution is -2.39. The smallest absolute Gasteiger partial charge is 0.309 e. The second-order valence-electron chi connectivity index (χ2n) is 7.27. The van der Waals surface area contributed by atoms with Gasteiger partial charge in [0.05, 0.1) is 5.69 Å². The second-order valence-corrected chi connectivity index (χ2v) is 7.27. The van der Waals surface area contributed by atoms with Gasteiger partial charge in [-0.05, 0) is 24.7 Å². The van der Waals surface area contributed by atoms with Crippen LogP contribution in [0.1, 0.15) is 55.8 Å². The summed E-state index contributed by atoms with van der Waals surface area (Å²) >= 11 is 0. The van der Waals surface area contributed by atoms with E-state index in [1.165, 1.54) is 6.42 Å². The number of fused-ring (bicyclic) bond motifs is 1. The molecule has 0 aliphatic carbocycles. The number of rotatable bonds is 3. The Morgan fingerprint density at radius 3 is 2.95 bits per heavy atom. The van der Waals surface area contributed by atoms with Crippen LogP contribution in [0.25, 0.3) is 0 Å². The van der Waals surface area contributed by atoms with Gasteiger partial charge in [-0.1, -0.05) is 20.8 Å². The van der Waals surface area contributed by atoms with E-state index in [0.29, 0.717) is 17.7 Å². The Morgan fingerprint density at radius 2 is 2.23 bits per heavy atom. The zero-order chi connectivity index (χ0) is 15.7. The van der Waals surface area contributed by atoms with Crippen LogP contribution in [0.5, 0.6) is 0 Å². The van der Waals surface area contributed by atoms with Crippen molar-refractivity contribution in [3.63, 3.8) is 0 Å². The predicted molar refractivity (Wildman–Crippen MR) is 84.6 cm³/mol. The average Bonchev–Trinajstić information content (AvgIpc) is 2.89. The van der Waals surface area contributed by atoms with Crippen molar-refractivity contribution in [2.24, 2.45) is 11.8 Å². The van der Waals surface area contributed by atoms with E-state index >= 15 is 0 Å². The topological polar surface area (TPSA) is 49.6 Å². The highest BCUT2D eigenvalue weighted by molar-refractivity contribution is 5.89. The maximum Gasteiger partial charge on any atom is 0.309 e. The lowest BCUT2D eigenvalue weighted by Gasteiger charge is -2.29. The Balaban J connectivity index is 1.69. The number of likely N-dealkylation sites (tertiary alicyclic amines) is 1. The van der Waals surface area contributed by atoms with E-state index in [0.717, 1.165) is 57.0 Å². The number of oxazole rings is 1. The van der Waals surface area contributed by atoms with E-state index in [4.69, 9.17) is 4.42 Å². The standard InChI is InChI=1S/C17H27N3O2/c1-12(2)9-19-8-6-15-14(11-19)18-16(22-15)17(21)20-7-4-5-13(3)10-20/h12-13H,4-11H2,1-3H3/t13-/m1/s1. The first-order valence-corrected chi connectivity index (χ1v) is 8.53. The first-order valence-electron chi connectivity index (χ1n) is 8.53. The molecule has 1 fully saturated rings. The summed E-state index contributed by atoms with van der Waals surface area (Å²) in [6.45, 7) is 11.2. The zero-order valence-electron chi connectivity index (χ0n) is 14.0. The summed E-state index contributed by atoms with van der Waals surface area (Å²) in [5.74, 6) is 2.39. The minimum absolute atomic E-state index is 0.0311. The van der Waals surface area contributed by atoms with Crippen molar-refractivity contribution in [2.45, 2.75) is 46.6 Å². The quantitative estimate of drug-likeness (QED) is 0.861.